The van der Waals surface area contributed by atoms with Gasteiger partial charge in [-0.1, -0.05) is 31.5 Å². The summed E-state index contributed by atoms with van der Waals surface area (Å²) in [6.45, 7) is 10.0. The van der Waals surface area contributed by atoms with Crippen molar-refractivity contribution in [2.24, 2.45) is 0 Å². The summed E-state index contributed by atoms with van der Waals surface area (Å²) in [4.78, 5) is 0. The molecule has 0 saturated carbocycles. The van der Waals surface area contributed by atoms with Gasteiger partial charge in [0.05, 0.1) is 0 Å². The molecule has 0 heterocycles. The second-order valence-electron chi connectivity index (χ2n) is 4.76. The SMILES string of the molecule is CCCC(C)NCCc1c(C)cccc1C. The molecule has 0 bridgehead atoms. The highest BCUT2D eigenvalue weighted by molar-refractivity contribution is 5.33. The molecular formula is C15H25N. The number of nitrogens with one attached hydrogen (secondary N) is 1. The number of hydrogen-bond donors (Lipinski definition) is 1. The molecule has 1 aromatic rings. The number of hydrogen-bond acceptors (Lipinski definition) is 1. The summed E-state index contributed by atoms with van der Waals surface area (Å²) in [5.41, 5.74) is 4.36. The lowest BCUT2D eigenvalue weighted by atomic mass is 10.00. The van der Waals surface area contributed by atoms with Crippen LogP contribution >= 0.6 is 0 Å². The molecule has 1 atom stereocenters. The Morgan fingerprint density at radius 2 is 1.81 bits per heavy atom. The van der Waals surface area contributed by atoms with Crippen LogP contribution in [-0.2, 0) is 6.42 Å². The van der Waals surface area contributed by atoms with Crippen LogP contribution in [0, 0.1) is 13.8 Å². The molecule has 1 unspecified atom stereocenters. The average Bonchev–Trinajstić information content (AvgIpc) is 2.23. The summed E-state index contributed by atoms with van der Waals surface area (Å²) in [6.07, 6.45) is 3.68. The van der Waals surface area contributed by atoms with E-state index in [2.05, 4.69) is 51.2 Å². The highest BCUT2D eigenvalue weighted by Gasteiger charge is 2.03. The van der Waals surface area contributed by atoms with Gasteiger partial charge in [0.25, 0.3) is 0 Å². The smallest absolute Gasteiger partial charge is 0.00387 e. The molecule has 0 aliphatic carbocycles. The fraction of sp³-hybridized carbons (Fsp3) is 0.600. The third kappa shape index (κ3) is 3.97. The molecular weight excluding hydrogens is 194 g/mol. The largest absolute Gasteiger partial charge is 0.314 e. The molecule has 0 fully saturated rings. The fourth-order valence-corrected chi connectivity index (χ4v) is 2.22. The Morgan fingerprint density at radius 1 is 1.19 bits per heavy atom. The first-order chi connectivity index (χ1) is 7.65. The molecule has 90 valence electrons. The van der Waals surface area contributed by atoms with Gasteiger partial charge in [0.1, 0.15) is 0 Å². The molecule has 0 spiro atoms. The van der Waals surface area contributed by atoms with Crippen LogP contribution in [-0.4, -0.2) is 12.6 Å². The van der Waals surface area contributed by atoms with Crippen molar-refractivity contribution in [2.45, 2.75) is 53.0 Å². The van der Waals surface area contributed by atoms with Crippen molar-refractivity contribution in [3.8, 4) is 0 Å². The zero-order valence-corrected chi connectivity index (χ0v) is 11.1. The molecule has 0 aliphatic rings. The first kappa shape index (κ1) is 13.2. The van der Waals surface area contributed by atoms with Gasteiger partial charge in [-0.3, -0.25) is 0 Å². The molecule has 1 aromatic carbocycles. The summed E-state index contributed by atoms with van der Waals surface area (Å²) < 4.78 is 0. The Morgan fingerprint density at radius 3 is 2.38 bits per heavy atom. The highest BCUT2D eigenvalue weighted by atomic mass is 14.9. The van der Waals surface area contributed by atoms with Crippen LogP contribution in [0.15, 0.2) is 18.2 Å². The molecule has 0 aliphatic heterocycles. The number of benzene rings is 1. The van der Waals surface area contributed by atoms with E-state index in [1.54, 1.807) is 0 Å². The van der Waals surface area contributed by atoms with E-state index >= 15 is 0 Å². The molecule has 0 amide bonds. The summed E-state index contributed by atoms with van der Waals surface area (Å²) in [5.74, 6) is 0. The quantitative estimate of drug-likeness (QED) is 0.770. The molecule has 16 heavy (non-hydrogen) atoms. The van der Waals surface area contributed by atoms with Gasteiger partial charge in [-0.15, -0.1) is 0 Å². The second kappa shape index (κ2) is 6.70. The average molecular weight is 219 g/mol. The van der Waals surface area contributed by atoms with E-state index < -0.39 is 0 Å². The van der Waals surface area contributed by atoms with Crippen LogP contribution in [0.1, 0.15) is 43.4 Å². The van der Waals surface area contributed by atoms with E-state index in [-0.39, 0.29) is 0 Å². The lowest BCUT2D eigenvalue weighted by Crippen LogP contribution is -2.28. The Labute approximate surface area is 100 Å². The molecule has 1 nitrogen and oxygen atoms in total. The van der Waals surface area contributed by atoms with Gasteiger partial charge in [0.15, 0.2) is 0 Å². The lowest BCUT2D eigenvalue weighted by Gasteiger charge is -2.14. The topological polar surface area (TPSA) is 12.0 Å². The van der Waals surface area contributed by atoms with Crippen molar-refractivity contribution in [2.75, 3.05) is 6.54 Å². The predicted molar refractivity (Wildman–Crippen MR) is 72.0 cm³/mol. The minimum Gasteiger partial charge on any atom is -0.314 e. The van der Waals surface area contributed by atoms with Crippen LogP contribution < -0.4 is 5.32 Å². The number of rotatable bonds is 6. The third-order valence-electron chi connectivity index (χ3n) is 3.23. The lowest BCUT2D eigenvalue weighted by molar-refractivity contribution is 0.511. The Bertz CT molecular complexity index is 297. The third-order valence-corrected chi connectivity index (χ3v) is 3.23. The van der Waals surface area contributed by atoms with Crippen molar-refractivity contribution < 1.29 is 0 Å². The van der Waals surface area contributed by atoms with E-state index in [9.17, 15) is 0 Å². The Balaban J connectivity index is 2.43. The van der Waals surface area contributed by atoms with Gasteiger partial charge in [-0.05, 0) is 56.8 Å². The standard InChI is InChI=1S/C15H25N/c1-5-7-14(4)16-11-10-15-12(2)8-6-9-13(15)3/h6,8-9,14,16H,5,7,10-11H2,1-4H3. The van der Waals surface area contributed by atoms with Crippen LogP contribution in [0.4, 0.5) is 0 Å². The maximum Gasteiger partial charge on any atom is 0.00387 e. The molecule has 1 N–H and O–H groups in total. The zero-order chi connectivity index (χ0) is 12.0. The fourth-order valence-electron chi connectivity index (χ4n) is 2.22. The van der Waals surface area contributed by atoms with Crippen LogP contribution in [0.25, 0.3) is 0 Å². The van der Waals surface area contributed by atoms with Gasteiger partial charge in [0, 0.05) is 6.04 Å². The number of aryl methyl sites for hydroxylation is 2. The Kier molecular flexibility index (Phi) is 5.54. The maximum atomic E-state index is 3.59. The van der Waals surface area contributed by atoms with Gasteiger partial charge in [-0.25, -0.2) is 0 Å². The minimum atomic E-state index is 0.648. The second-order valence-corrected chi connectivity index (χ2v) is 4.76. The van der Waals surface area contributed by atoms with Crippen molar-refractivity contribution in [3.05, 3.63) is 34.9 Å². The molecule has 0 radical (unpaired) electrons. The predicted octanol–water partition coefficient (Wildman–Crippen LogP) is 3.62. The first-order valence-electron chi connectivity index (χ1n) is 6.43. The van der Waals surface area contributed by atoms with Crippen molar-refractivity contribution in [1.82, 2.24) is 5.32 Å². The molecule has 1 heteroatoms. The summed E-state index contributed by atoms with van der Waals surface area (Å²) in [7, 11) is 0. The zero-order valence-electron chi connectivity index (χ0n) is 11.1. The molecule has 0 aromatic heterocycles. The van der Waals surface area contributed by atoms with Crippen LogP contribution in [0.2, 0.25) is 0 Å². The normalized spacial score (nSPS) is 12.8. The van der Waals surface area contributed by atoms with Crippen molar-refractivity contribution in [1.29, 1.82) is 0 Å². The van der Waals surface area contributed by atoms with Gasteiger partial charge < -0.3 is 5.32 Å². The summed E-state index contributed by atoms with van der Waals surface area (Å²) in [5, 5.41) is 3.59. The highest BCUT2D eigenvalue weighted by Crippen LogP contribution is 2.13. The van der Waals surface area contributed by atoms with E-state index in [1.165, 1.54) is 29.5 Å². The van der Waals surface area contributed by atoms with Gasteiger partial charge >= 0.3 is 0 Å². The Hall–Kier alpha value is -0.820. The van der Waals surface area contributed by atoms with Gasteiger partial charge in [-0.2, -0.15) is 0 Å². The van der Waals surface area contributed by atoms with E-state index in [0.717, 1.165) is 13.0 Å². The first-order valence-corrected chi connectivity index (χ1v) is 6.43. The van der Waals surface area contributed by atoms with Crippen molar-refractivity contribution in [3.63, 3.8) is 0 Å². The van der Waals surface area contributed by atoms with Crippen LogP contribution in [0.3, 0.4) is 0 Å². The van der Waals surface area contributed by atoms with E-state index in [0.29, 0.717) is 6.04 Å². The monoisotopic (exact) mass is 219 g/mol. The minimum absolute atomic E-state index is 0.648. The van der Waals surface area contributed by atoms with Gasteiger partial charge in [0.2, 0.25) is 0 Å². The van der Waals surface area contributed by atoms with Crippen LogP contribution in [0.5, 0.6) is 0 Å². The van der Waals surface area contributed by atoms with E-state index in [4.69, 9.17) is 0 Å². The summed E-state index contributed by atoms with van der Waals surface area (Å²) in [6, 6.07) is 7.20. The maximum absolute atomic E-state index is 3.59. The molecule has 0 saturated heterocycles. The van der Waals surface area contributed by atoms with Crippen molar-refractivity contribution >= 4 is 0 Å². The summed E-state index contributed by atoms with van der Waals surface area (Å²) >= 11 is 0. The van der Waals surface area contributed by atoms with E-state index in [1.807, 2.05) is 0 Å². The molecule has 1 rings (SSSR count).